The lowest BCUT2D eigenvalue weighted by atomic mass is 10.0. The molecule has 0 fully saturated rings. The first-order valence-electron chi connectivity index (χ1n) is 7.35. The summed E-state index contributed by atoms with van der Waals surface area (Å²) >= 11 is 0. The molecule has 0 saturated carbocycles. The van der Waals surface area contributed by atoms with Crippen molar-refractivity contribution < 1.29 is 14.0 Å². The number of rotatable bonds is 2. The molecule has 0 N–H and O–H groups in total. The molecule has 0 bridgehead atoms. The van der Waals surface area contributed by atoms with E-state index in [9.17, 15) is 9.18 Å². The summed E-state index contributed by atoms with van der Waals surface area (Å²) < 4.78 is 13.6. The van der Waals surface area contributed by atoms with Crippen LogP contribution in [0, 0.1) is 5.82 Å². The number of benzene rings is 2. The van der Waals surface area contributed by atoms with E-state index in [1.54, 1.807) is 18.2 Å². The zero-order chi connectivity index (χ0) is 16.5. The summed E-state index contributed by atoms with van der Waals surface area (Å²) in [7, 11) is 0. The Labute approximate surface area is 136 Å². The van der Waals surface area contributed by atoms with Crippen LogP contribution in [0.15, 0.2) is 82.6 Å². The number of allylic oxidation sites excluding steroid dienone is 4. The Morgan fingerprint density at radius 3 is 2.75 bits per heavy atom. The van der Waals surface area contributed by atoms with E-state index in [0.29, 0.717) is 5.71 Å². The first-order chi connectivity index (χ1) is 11.7. The average Bonchev–Trinajstić information content (AvgIpc) is 2.99. The van der Waals surface area contributed by atoms with Crippen LogP contribution in [0.3, 0.4) is 0 Å². The molecule has 0 saturated heterocycles. The second kappa shape index (κ2) is 5.70. The molecule has 5 heteroatoms. The molecular weight excluding hydrogens is 307 g/mol. The lowest BCUT2D eigenvalue weighted by molar-refractivity contribution is 0.0512. The van der Waals surface area contributed by atoms with Crippen molar-refractivity contribution in [1.82, 2.24) is 0 Å². The highest BCUT2D eigenvalue weighted by Gasteiger charge is 2.20. The van der Waals surface area contributed by atoms with Gasteiger partial charge in [0.25, 0.3) is 0 Å². The van der Waals surface area contributed by atoms with Gasteiger partial charge in [-0.05, 0) is 30.4 Å². The number of hydrogen-bond acceptors (Lipinski definition) is 4. The largest absolute Gasteiger partial charge is 0.368 e. The van der Waals surface area contributed by atoms with Crippen LogP contribution in [-0.2, 0) is 4.84 Å². The summed E-state index contributed by atoms with van der Waals surface area (Å²) in [6.07, 6.45) is 5.38. The maximum absolute atomic E-state index is 13.6. The van der Waals surface area contributed by atoms with Gasteiger partial charge in [-0.25, -0.2) is 14.2 Å². The van der Waals surface area contributed by atoms with E-state index >= 15 is 0 Å². The highest BCUT2D eigenvalue weighted by Crippen LogP contribution is 2.21. The van der Waals surface area contributed by atoms with E-state index in [1.165, 1.54) is 18.2 Å². The molecule has 2 aromatic carbocycles. The number of halogens is 1. The van der Waals surface area contributed by atoms with Crippen molar-refractivity contribution >= 4 is 17.3 Å². The molecule has 1 aliphatic heterocycles. The Morgan fingerprint density at radius 1 is 1.08 bits per heavy atom. The fraction of sp³-hybridized carbons (Fsp3) is 0. The average molecular weight is 318 g/mol. The fourth-order valence-electron chi connectivity index (χ4n) is 2.65. The minimum Gasteiger partial charge on any atom is -0.312 e. The van der Waals surface area contributed by atoms with E-state index in [1.807, 2.05) is 30.3 Å². The van der Waals surface area contributed by atoms with E-state index in [4.69, 9.17) is 4.84 Å². The van der Waals surface area contributed by atoms with Gasteiger partial charge in [0.15, 0.2) is 0 Å². The van der Waals surface area contributed by atoms with Crippen molar-refractivity contribution in [3.05, 3.63) is 94.4 Å². The highest BCUT2D eigenvalue weighted by molar-refractivity contribution is 6.30. The molecule has 24 heavy (non-hydrogen) atoms. The van der Waals surface area contributed by atoms with Gasteiger partial charge >= 0.3 is 5.97 Å². The molecule has 0 unspecified atom stereocenters. The summed E-state index contributed by atoms with van der Waals surface area (Å²) in [4.78, 5) is 21.5. The summed E-state index contributed by atoms with van der Waals surface area (Å²) in [5.41, 5.74) is 1.89. The van der Waals surface area contributed by atoms with E-state index < -0.39 is 11.8 Å². The van der Waals surface area contributed by atoms with Gasteiger partial charge in [0.1, 0.15) is 11.5 Å². The minimum absolute atomic E-state index is 0.154. The van der Waals surface area contributed by atoms with Crippen molar-refractivity contribution in [3.63, 3.8) is 0 Å². The minimum atomic E-state index is -0.839. The van der Waals surface area contributed by atoms with Crippen LogP contribution < -0.4 is 10.6 Å². The van der Waals surface area contributed by atoms with Gasteiger partial charge in [0, 0.05) is 10.8 Å². The van der Waals surface area contributed by atoms with Gasteiger partial charge < -0.3 is 4.84 Å². The summed E-state index contributed by atoms with van der Waals surface area (Å²) in [5, 5.41) is 5.69. The number of fused-ring (bicyclic) bond motifs is 2. The molecule has 1 heterocycles. The molecule has 0 spiro atoms. The van der Waals surface area contributed by atoms with Gasteiger partial charge in [0.2, 0.25) is 0 Å². The zero-order valence-electron chi connectivity index (χ0n) is 12.4. The molecule has 4 nitrogen and oxygen atoms in total. The SMILES string of the molecule is O=C(ON=C1C=CC=C2N=c3ccccc3=C21)c1ccccc1F. The molecule has 2 aromatic rings. The fourth-order valence-corrected chi connectivity index (χ4v) is 2.65. The third-order valence-corrected chi connectivity index (χ3v) is 3.76. The third kappa shape index (κ3) is 2.36. The monoisotopic (exact) mass is 318 g/mol. The van der Waals surface area contributed by atoms with Gasteiger partial charge in [-0.15, -0.1) is 0 Å². The lowest BCUT2D eigenvalue weighted by Gasteiger charge is -2.08. The summed E-state index contributed by atoms with van der Waals surface area (Å²) in [5.74, 6) is -1.48. The van der Waals surface area contributed by atoms with E-state index in [-0.39, 0.29) is 5.56 Å². The Balaban J connectivity index is 1.71. The molecule has 0 radical (unpaired) electrons. The quantitative estimate of drug-likeness (QED) is 0.630. The molecular formula is C19H11FN2O2. The van der Waals surface area contributed by atoms with Crippen molar-refractivity contribution in [3.8, 4) is 0 Å². The molecule has 0 aromatic heterocycles. The Bertz CT molecular complexity index is 1060. The normalized spacial score (nSPS) is 16.3. The molecule has 4 rings (SSSR count). The number of carbonyl (C=O) groups is 1. The predicted octanol–water partition coefficient (Wildman–Crippen LogP) is 2.28. The zero-order valence-corrected chi connectivity index (χ0v) is 12.4. The second-order valence-electron chi connectivity index (χ2n) is 5.25. The van der Waals surface area contributed by atoms with Crippen LogP contribution >= 0.6 is 0 Å². The molecule has 2 aliphatic rings. The van der Waals surface area contributed by atoms with E-state index in [0.717, 1.165) is 21.8 Å². The van der Waals surface area contributed by atoms with Crippen LogP contribution in [0.5, 0.6) is 0 Å². The number of carbonyl (C=O) groups excluding carboxylic acids is 1. The Morgan fingerprint density at radius 2 is 1.88 bits per heavy atom. The predicted molar refractivity (Wildman–Crippen MR) is 87.1 cm³/mol. The second-order valence-corrected chi connectivity index (χ2v) is 5.25. The number of oxime groups is 1. The Kier molecular flexibility index (Phi) is 3.39. The highest BCUT2D eigenvalue weighted by atomic mass is 19.1. The van der Waals surface area contributed by atoms with Crippen LogP contribution in [-0.4, -0.2) is 11.7 Å². The van der Waals surface area contributed by atoms with E-state index in [2.05, 4.69) is 10.1 Å². The third-order valence-electron chi connectivity index (χ3n) is 3.76. The first kappa shape index (κ1) is 14.3. The summed E-state index contributed by atoms with van der Waals surface area (Å²) in [6, 6.07) is 13.3. The van der Waals surface area contributed by atoms with Gasteiger partial charge in [-0.3, -0.25) is 0 Å². The van der Waals surface area contributed by atoms with Crippen molar-refractivity contribution in [2.24, 2.45) is 10.1 Å². The van der Waals surface area contributed by atoms with Crippen molar-refractivity contribution in [2.45, 2.75) is 0 Å². The number of hydrogen-bond donors (Lipinski definition) is 0. The van der Waals surface area contributed by atoms with Crippen molar-refractivity contribution in [1.29, 1.82) is 0 Å². The van der Waals surface area contributed by atoms with Crippen molar-refractivity contribution in [2.75, 3.05) is 0 Å². The smallest absolute Gasteiger partial charge is 0.312 e. The van der Waals surface area contributed by atoms with Crippen LogP contribution in [0.1, 0.15) is 10.4 Å². The first-order valence-corrected chi connectivity index (χ1v) is 7.35. The van der Waals surface area contributed by atoms with Gasteiger partial charge in [-0.1, -0.05) is 41.6 Å². The number of para-hydroxylation sites is 1. The van der Waals surface area contributed by atoms with Gasteiger partial charge in [-0.2, -0.15) is 0 Å². The summed E-state index contributed by atoms with van der Waals surface area (Å²) in [6.45, 7) is 0. The molecule has 0 atom stereocenters. The number of nitrogens with zero attached hydrogens (tertiary/aromatic N) is 2. The Hall–Kier alpha value is -3.34. The van der Waals surface area contributed by atoms with Gasteiger partial charge in [0.05, 0.1) is 16.6 Å². The van der Waals surface area contributed by atoms with Crippen LogP contribution in [0.2, 0.25) is 0 Å². The standard InChI is InChI=1S/C19H11FN2O2/c20-14-8-3-1-6-12(14)19(23)24-22-17-11-5-10-16-18(17)13-7-2-4-9-15(13)21-16/h1-11H. The van der Waals surface area contributed by atoms with Crippen LogP contribution in [0.4, 0.5) is 4.39 Å². The van der Waals surface area contributed by atoms with Crippen LogP contribution in [0.25, 0.3) is 5.57 Å². The maximum atomic E-state index is 13.6. The molecule has 116 valence electrons. The topological polar surface area (TPSA) is 51.0 Å². The molecule has 1 aliphatic carbocycles. The lowest BCUT2D eigenvalue weighted by Crippen LogP contribution is -2.24. The molecule has 0 amide bonds. The maximum Gasteiger partial charge on any atom is 0.368 e.